The summed E-state index contributed by atoms with van der Waals surface area (Å²) in [5.41, 5.74) is -0.133. The van der Waals surface area contributed by atoms with Crippen molar-refractivity contribution in [2.75, 3.05) is 0 Å². The van der Waals surface area contributed by atoms with Gasteiger partial charge < -0.3 is 14.0 Å². The van der Waals surface area contributed by atoms with Crippen molar-refractivity contribution in [2.24, 2.45) is 0 Å². The standard InChI is InChI=1S/C8H5NO4/c10-8(11)5-4-7(13-9-5)6-2-1-3-12-6/h1-4H,(H,10,11). The Hall–Kier alpha value is -2.04. The predicted molar refractivity (Wildman–Crippen MR) is 41.2 cm³/mol. The number of carbonyl (C=O) groups is 1. The summed E-state index contributed by atoms with van der Waals surface area (Å²) in [5, 5.41) is 11.9. The SMILES string of the molecule is O=C(O)c1cc(-c2ccco2)on1. The Morgan fingerprint density at radius 2 is 2.31 bits per heavy atom. The zero-order valence-corrected chi connectivity index (χ0v) is 6.43. The van der Waals surface area contributed by atoms with E-state index in [0.717, 1.165) is 0 Å². The van der Waals surface area contributed by atoms with Crippen LogP contribution in [-0.4, -0.2) is 16.2 Å². The largest absolute Gasteiger partial charge is 0.476 e. The first-order valence-electron chi connectivity index (χ1n) is 3.51. The molecule has 0 aromatic carbocycles. The second-order valence-corrected chi connectivity index (χ2v) is 2.36. The first-order valence-corrected chi connectivity index (χ1v) is 3.51. The molecule has 5 heteroatoms. The van der Waals surface area contributed by atoms with Gasteiger partial charge in [0.15, 0.2) is 11.5 Å². The smallest absolute Gasteiger partial charge is 0.358 e. The maximum absolute atomic E-state index is 10.4. The van der Waals surface area contributed by atoms with E-state index < -0.39 is 5.97 Å². The molecule has 0 amide bonds. The molecule has 0 spiro atoms. The van der Waals surface area contributed by atoms with Gasteiger partial charge in [-0.25, -0.2) is 4.79 Å². The van der Waals surface area contributed by atoms with Crippen LogP contribution in [0.15, 0.2) is 33.4 Å². The number of carboxylic acids is 1. The topological polar surface area (TPSA) is 76.5 Å². The van der Waals surface area contributed by atoms with Gasteiger partial charge in [-0.1, -0.05) is 5.16 Å². The first kappa shape index (κ1) is 7.60. The number of aromatic carboxylic acids is 1. The van der Waals surface area contributed by atoms with Crippen molar-refractivity contribution in [3.63, 3.8) is 0 Å². The van der Waals surface area contributed by atoms with Gasteiger partial charge in [0.05, 0.1) is 6.26 Å². The van der Waals surface area contributed by atoms with Crippen molar-refractivity contribution in [1.29, 1.82) is 0 Å². The van der Waals surface area contributed by atoms with Gasteiger partial charge in [-0.3, -0.25) is 0 Å². The van der Waals surface area contributed by atoms with Crippen molar-refractivity contribution in [2.45, 2.75) is 0 Å². The number of hydrogen-bond acceptors (Lipinski definition) is 4. The number of rotatable bonds is 2. The van der Waals surface area contributed by atoms with Gasteiger partial charge in [-0.2, -0.15) is 0 Å². The third-order valence-corrected chi connectivity index (χ3v) is 1.49. The minimum absolute atomic E-state index is 0.133. The van der Waals surface area contributed by atoms with E-state index in [-0.39, 0.29) is 5.69 Å². The van der Waals surface area contributed by atoms with Gasteiger partial charge >= 0.3 is 5.97 Å². The maximum atomic E-state index is 10.4. The minimum Gasteiger partial charge on any atom is -0.476 e. The van der Waals surface area contributed by atoms with E-state index in [0.29, 0.717) is 11.5 Å². The van der Waals surface area contributed by atoms with E-state index in [2.05, 4.69) is 5.16 Å². The molecule has 0 atom stereocenters. The molecule has 0 bridgehead atoms. The van der Waals surface area contributed by atoms with Crippen molar-refractivity contribution in [1.82, 2.24) is 5.16 Å². The molecule has 0 saturated heterocycles. The Morgan fingerprint density at radius 3 is 2.85 bits per heavy atom. The van der Waals surface area contributed by atoms with Crippen molar-refractivity contribution in [3.8, 4) is 11.5 Å². The van der Waals surface area contributed by atoms with Crippen LogP contribution >= 0.6 is 0 Å². The second-order valence-electron chi connectivity index (χ2n) is 2.36. The molecular weight excluding hydrogens is 174 g/mol. The highest BCUT2D eigenvalue weighted by atomic mass is 16.5. The molecule has 2 rings (SSSR count). The van der Waals surface area contributed by atoms with E-state index >= 15 is 0 Å². The predicted octanol–water partition coefficient (Wildman–Crippen LogP) is 1.63. The summed E-state index contributed by atoms with van der Waals surface area (Å²) in [7, 11) is 0. The number of carboxylic acid groups (broad SMARTS) is 1. The minimum atomic E-state index is -1.12. The summed E-state index contributed by atoms with van der Waals surface area (Å²) in [6.07, 6.45) is 1.47. The molecule has 0 fully saturated rings. The molecule has 0 unspecified atom stereocenters. The van der Waals surface area contributed by atoms with Crippen LogP contribution in [0.5, 0.6) is 0 Å². The number of hydrogen-bond donors (Lipinski definition) is 1. The van der Waals surface area contributed by atoms with Crippen LogP contribution in [0.1, 0.15) is 10.5 Å². The molecule has 2 aromatic rings. The van der Waals surface area contributed by atoms with Crippen LogP contribution in [0, 0.1) is 0 Å². The quantitative estimate of drug-likeness (QED) is 0.758. The Bertz CT molecular complexity index is 415. The summed E-state index contributed by atoms with van der Waals surface area (Å²) in [6.45, 7) is 0. The van der Waals surface area contributed by atoms with Crippen molar-refractivity contribution in [3.05, 3.63) is 30.2 Å². The summed E-state index contributed by atoms with van der Waals surface area (Å²) in [4.78, 5) is 10.4. The lowest BCUT2D eigenvalue weighted by molar-refractivity contribution is 0.0686. The molecule has 2 aromatic heterocycles. The van der Waals surface area contributed by atoms with E-state index in [9.17, 15) is 4.79 Å². The number of aromatic nitrogens is 1. The van der Waals surface area contributed by atoms with E-state index in [4.69, 9.17) is 14.0 Å². The van der Waals surface area contributed by atoms with Crippen molar-refractivity contribution >= 4 is 5.97 Å². The Morgan fingerprint density at radius 1 is 1.46 bits per heavy atom. The van der Waals surface area contributed by atoms with Gasteiger partial charge in [0.25, 0.3) is 0 Å². The number of furan rings is 1. The molecule has 5 nitrogen and oxygen atoms in total. The van der Waals surface area contributed by atoms with Crippen molar-refractivity contribution < 1.29 is 18.8 Å². The van der Waals surface area contributed by atoms with Crippen LogP contribution < -0.4 is 0 Å². The molecule has 0 radical (unpaired) electrons. The summed E-state index contributed by atoms with van der Waals surface area (Å²) in [6, 6.07) is 4.64. The molecular formula is C8H5NO4. The second kappa shape index (κ2) is 2.78. The van der Waals surface area contributed by atoms with E-state index in [1.807, 2.05) is 0 Å². The zero-order valence-electron chi connectivity index (χ0n) is 6.43. The van der Waals surface area contributed by atoms with Gasteiger partial charge in [0, 0.05) is 6.07 Å². The molecule has 0 aliphatic carbocycles. The lowest BCUT2D eigenvalue weighted by Crippen LogP contribution is -1.94. The molecule has 0 saturated carbocycles. The molecule has 0 aliphatic heterocycles. The van der Waals surface area contributed by atoms with E-state index in [1.165, 1.54) is 12.3 Å². The maximum Gasteiger partial charge on any atom is 0.358 e. The fourth-order valence-corrected chi connectivity index (χ4v) is 0.911. The molecule has 0 aliphatic rings. The molecule has 13 heavy (non-hydrogen) atoms. The highest BCUT2D eigenvalue weighted by molar-refractivity contribution is 5.86. The summed E-state index contributed by atoms with van der Waals surface area (Å²) < 4.78 is 9.73. The first-order chi connectivity index (χ1) is 6.27. The van der Waals surface area contributed by atoms with Gasteiger partial charge in [0.1, 0.15) is 0 Å². The van der Waals surface area contributed by atoms with Gasteiger partial charge in [0.2, 0.25) is 5.76 Å². The molecule has 2 heterocycles. The van der Waals surface area contributed by atoms with Crippen LogP contribution in [0.3, 0.4) is 0 Å². The highest BCUT2D eigenvalue weighted by Crippen LogP contribution is 2.20. The van der Waals surface area contributed by atoms with Crippen LogP contribution in [0.4, 0.5) is 0 Å². The highest BCUT2D eigenvalue weighted by Gasteiger charge is 2.13. The zero-order chi connectivity index (χ0) is 9.26. The fraction of sp³-hybridized carbons (Fsp3) is 0. The fourth-order valence-electron chi connectivity index (χ4n) is 0.911. The Kier molecular flexibility index (Phi) is 1.63. The van der Waals surface area contributed by atoms with Crippen LogP contribution in [0.2, 0.25) is 0 Å². The monoisotopic (exact) mass is 179 g/mol. The van der Waals surface area contributed by atoms with Gasteiger partial charge in [-0.05, 0) is 12.1 Å². The Labute approximate surface area is 72.6 Å². The molecule has 1 N–H and O–H groups in total. The summed E-state index contributed by atoms with van der Waals surface area (Å²) >= 11 is 0. The van der Waals surface area contributed by atoms with Crippen LogP contribution in [-0.2, 0) is 0 Å². The van der Waals surface area contributed by atoms with Crippen LogP contribution in [0.25, 0.3) is 11.5 Å². The Balaban J connectivity index is 2.39. The van der Waals surface area contributed by atoms with E-state index in [1.54, 1.807) is 12.1 Å². The average Bonchev–Trinajstić information content (AvgIpc) is 2.75. The molecule has 66 valence electrons. The lowest BCUT2D eigenvalue weighted by atomic mass is 10.3. The average molecular weight is 179 g/mol. The third-order valence-electron chi connectivity index (χ3n) is 1.49. The number of nitrogens with zero attached hydrogens (tertiary/aromatic N) is 1. The normalized spacial score (nSPS) is 10.2. The summed E-state index contributed by atoms with van der Waals surface area (Å²) in [5.74, 6) is -0.357. The van der Waals surface area contributed by atoms with Gasteiger partial charge in [-0.15, -0.1) is 0 Å². The lowest BCUT2D eigenvalue weighted by Gasteiger charge is -1.82. The third kappa shape index (κ3) is 1.31.